The van der Waals surface area contributed by atoms with Gasteiger partial charge in [0.1, 0.15) is 0 Å². The second kappa shape index (κ2) is 5.95. The van der Waals surface area contributed by atoms with Crippen LogP contribution in [0.5, 0.6) is 6.01 Å². The molecular weight excluding hydrogens is 266 g/mol. The van der Waals surface area contributed by atoms with Gasteiger partial charge < -0.3 is 15.4 Å². The number of aryl methyl sites for hydroxylation is 2. The van der Waals surface area contributed by atoms with Crippen LogP contribution in [-0.2, 0) is 12.8 Å². The predicted octanol–water partition coefficient (Wildman–Crippen LogP) is 2.54. The molecule has 1 aliphatic rings. The molecule has 1 heterocycles. The summed E-state index contributed by atoms with van der Waals surface area (Å²) in [5.41, 5.74) is 3.85. The summed E-state index contributed by atoms with van der Waals surface area (Å²) in [7, 11) is 1.55. The summed E-state index contributed by atoms with van der Waals surface area (Å²) in [6, 6.07) is 6.71. The number of nitrogens with zero attached hydrogens (tertiary/aromatic N) is 3. The Morgan fingerprint density at radius 3 is 2.71 bits per heavy atom. The highest BCUT2D eigenvalue weighted by Crippen LogP contribution is 2.26. The van der Waals surface area contributed by atoms with Gasteiger partial charge in [-0.15, -0.1) is 0 Å². The number of fused-ring (bicyclic) bond motifs is 1. The van der Waals surface area contributed by atoms with Crippen LogP contribution < -0.4 is 15.4 Å². The van der Waals surface area contributed by atoms with Crippen LogP contribution in [0.2, 0.25) is 0 Å². The van der Waals surface area contributed by atoms with Crippen molar-refractivity contribution in [1.82, 2.24) is 15.0 Å². The first kappa shape index (κ1) is 13.6. The van der Waals surface area contributed by atoms with Gasteiger partial charge in [0.05, 0.1) is 7.11 Å². The average Bonchev–Trinajstić information content (AvgIpc) is 2.95. The van der Waals surface area contributed by atoms with E-state index in [0.717, 1.165) is 18.7 Å². The van der Waals surface area contributed by atoms with Crippen molar-refractivity contribution < 1.29 is 4.74 Å². The van der Waals surface area contributed by atoms with E-state index in [-0.39, 0.29) is 0 Å². The number of ether oxygens (including phenoxy) is 1. The fourth-order valence-corrected chi connectivity index (χ4v) is 2.52. The van der Waals surface area contributed by atoms with Gasteiger partial charge in [0, 0.05) is 12.2 Å². The molecule has 3 rings (SSSR count). The van der Waals surface area contributed by atoms with Gasteiger partial charge in [-0.2, -0.15) is 15.0 Å². The lowest BCUT2D eigenvalue weighted by Gasteiger charge is -2.09. The third-order valence-electron chi connectivity index (χ3n) is 3.49. The molecule has 0 saturated heterocycles. The van der Waals surface area contributed by atoms with Crippen molar-refractivity contribution in [2.75, 3.05) is 24.3 Å². The molecule has 0 saturated carbocycles. The van der Waals surface area contributed by atoms with E-state index in [9.17, 15) is 0 Å². The average molecular weight is 285 g/mol. The predicted molar refractivity (Wildman–Crippen MR) is 82.3 cm³/mol. The zero-order valence-corrected chi connectivity index (χ0v) is 12.3. The Morgan fingerprint density at radius 2 is 1.90 bits per heavy atom. The molecule has 0 atom stereocenters. The number of hydrogen-bond acceptors (Lipinski definition) is 6. The molecule has 0 aliphatic heterocycles. The molecule has 0 unspecified atom stereocenters. The first-order chi connectivity index (χ1) is 10.3. The fraction of sp³-hybridized carbons (Fsp3) is 0.400. The molecule has 2 aromatic rings. The standard InChI is InChI=1S/C15H19N5O/c1-3-16-13-18-14(20-15(19-13)21-2)17-12-8-7-10-5-4-6-11(10)9-12/h7-9H,3-6H2,1-2H3,(H2,16,17,18,19,20). The summed E-state index contributed by atoms with van der Waals surface area (Å²) in [5, 5.41) is 6.29. The summed E-state index contributed by atoms with van der Waals surface area (Å²) in [6.45, 7) is 2.73. The van der Waals surface area contributed by atoms with Crippen molar-refractivity contribution >= 4 is 17.6 Å². The van der Waals surface area contributed by atoms with E-state index in [4.69, 9.17) is 4.74 Å². The molecule has 1 aromatic carbocycles. The Bertz CT molecular complexity index is 644. The fourth-order valence-electron chi connectivity index (χ4n) is 2.52. The Balaban J connectivity index is 1.85. The third-order valence-corrected chi connectivity index (χ3v) is 3.49. The van der Waals surface area contributed by atoms with Gasteiger partial charge >= 0.3 is 6.01 Å². The van der Waals surface area contributed by atoms with Crippen LogP contribution in [0.1, 0.15) is 24.5 Å². The third kappa shape index (κ3) is 3.04. The van der Waals surface area contributed by atoms with Gasteiger partial charge in [-0.05, 0) is 49.4 Å². The van der Waals surface area contributed by atoms with E-state index < -0.39 is 0 Å². The van der Waals surface area contributed by atoms with E-state index >= 15 is 0 Å². The molecule has 1 aliphatic carbocycles. The Hall–Kier alpha value is -2.37. The van der Waals surface area contributed by atoms with E-state index in [0.29, 0.717) is 17.9 Å². The molecule has 2 N–H and O–H groups in total. The second-order valence-corrected chi connectivity index (χ2v) is 4.96. The molecule has 6 nitrogen and oxygen atoms in total. The first-order valence-corrected chi connectivity index (χ1v) is 7.21. The summed E-state index contributed by atoms with van der Waals surface area (Å²) < 4.78 is 5.11. The minimum atomic E-state index is 0.296. The maximum absolute atomic E-state index is 5.11. The lowest BCUT2D eigenvalue weighted by molar-refractivity contribution is 0.379. The molecule has 110 valence electrons. The summed E-state index contributed by atoms with van der Waals surface area (Å²) in [5.74, 6) is 0.990. The van der Waals surface area contributed by atoms with Crippen LogP contribution in [0.15, 0.2) is 18.2 Å². The maximum Gasteiger partial charge on any atom is 0.322 e. The number of anilines is 3. The van der Waals surface area contributed by atoms with Crippen LogP contribution in [-0.4, -0.2) is 28.6 Å². The molecule has 0 radical (unpaired) electrons. The smallest absolute Gasteiger partial charge is 0.322 e. The van der Waals surface area contributed by atoms with Crippen molar-refractivity contribution in [2.24, 2.45) is 0 Å². The maximum atomic E-state index is 5.11. The van der Waals surface area contributed by atoms with Crippen molar-refractivity contribution in [1.29, 1.82) is 0 Å². The molecule has 21 heavy (non-hydrogen) atoms. The van der Waals surface area contributed by atoms with Gasteiger partial charge in [0.15, 0.2) is 0 Å². The molecule has 0 fully saturated rings. The second-order valence-electron chi connectivity index (χ2n) is 4.96. The van der Waals surface area contributed by atoms with Crippen LogP contribution >= 0.6 is 0 Å². The summed E-state index contributed by atoms with van der Waals surface area (Å²) >= 11 is 0. The van der Waals surface area contributed by atoms with Gasteiger partial charge in [0.2, 0.25) is 11.9 Å². The van der Waals surface area contributed by atoms with E-state index in [1.165, 1.54) is 24.0 Å². The quantitative estimate of drug-likeness (QED) is 0.879. The van der Waals surface area contributed by atoms with Gasteiger partial charge in [-0.1, -0.05) is 6.07 Å². The number of hydrogen-bond donors (Lipinski definition) is 2. The van der Waals surface area contributed by atoms with Crippen molar-refractivity contribution in [3.63, 3.8) is 0 Å². The highest BCUT2D eigenvalue weighted by atomic mass is 16.5. The van der Waals surface area contributed by atoms with Crippen molar-refractivity contribution in [2.45, 2.75) is 26.2 Å². The molecule has 6 heteroatoms. The van der Waals surface area contributed by atoms with E-state index in [1.807, 2.05) is 6.92 Å². The lowest BCUT2D eigenvalue weighted by Crippen LogP contribution is -2.08. The highest BCUT2D eigenvalue weighted by molar-refractivity contribution is 5.57. The Morgan fingerprint density at radius 1 is 1.10 bits per heavy atom. The van der Waals surface area contributed by atoms with Crippen molar-refractivity contribution in [3.05, 3.63) is 29.3 Å². The molecule has 0 amide bonds. The zero-order chi connectivity index (χ0) is 14.7. The normalized spacial score (nSPS) is 12.9. The number of aromatic nitrogens is 3. The zero-order valence-electron chi connectivity index (χ0n) is 12.3. The van der Waals surface area contributed by atoms with Gasteiger partial charge in [-0.3, -0.25) is 0 Å². The Kier molecular flexibility index (Phi) is 3.85. The first-order valence-electron chi connectivity index (χ1n) is 7.21. The van der Waals surface area contributed by atoms with Gasteiger partial charge in [-0.25, -0.2) is 0 Å². The topological polar surface area (TPSA) is 72.0 Å². The summed E-state index contributed by atoms with van der Waals surface area (Å²) in [6.07, 6.45) is 3.57. The van der Waals surface area contributed by atoms with Crippen LogP contribution in [0.25, 0.3) is 0 Å². The van der Waals surface area contributed by atoms with Crippen LogP contribution in [0, 0.1) is 0 Å². The number of methoxy groups -OCH3 is 1. The number of nitrogens with one attached hydrogen (secondary N) is 2. The van der Waals surface area contributed by atoms with Gasteiger partial charge in [0.25, 0.3) is 0 Å². The van der Waals surface area contributed by atoms with Crippen LogP contribution in [0.4, 0.5) is 17.6 Å². The lowest BCUT2D eigenvalue weighted by atomic mass is 10.1. The SMILES string of the molecule is CCNc1nc(Nc2ccc3c(c2)CCC3)nc(OC)n1. The molecular formula is C15H19N5O. The van der Waals surface area contributed by atoms with Crippen LogP contribution in [0.3, 0.4) is 0 Å². The number of benzene rings is 1. The largest absolute Gasteiger partial charge is 0.467 e. The van der Waals surface area contributed by atoms with Crippen molar-refractivity contribution in [3.8, 4) is 6.01 Å². The van der Waals surface area contributed by atoms with E-state index in [2.05, 4.69) is 43.8 Å². The molecule has 1 aromatic heterocycles. The summed E-state index contributed by atoms with van der Waals surface area (Å²) in [4.78, 5) is 12.7. The number of rotatable bonds is 5. The monoisotopic (exact) mass is 285 g/mol. The minimum absolute atomic E-state index is 0.296. The van der Waals surface area contributed by atoms with E-state index in [1.54, 1.807) is 7.11 Å². The minimum Gasteiger partial charge on any atom is -0.467 e. The molecule has 0 bridgehead atoms. The molecule has 0 spiro atoms. The highest BCUT2D eigenvalue weighted by Gasteiger charge is 2.12. The Labute approximate surface area is 124 Å².